The Kier molecular flexibility index (Phi) is 3.31. The first kappa shape index (κ1) is 12.7. The lowest BCUT2D eigenvalue weighted by atomic mass is 9.90. The highest BCUT2D eigenvalue weighted by atomic mass is 32.1. The Bertz CT molecular complexity index is 520. The Labute approximate surface area is 115 Å². The zero-order chi connectivity index (χ0) is 13.4. The van der Waals surface area contributed by atoms with E-state index < -0.39 is 18.0 Å². The van der Waals surface area contributed by atoms with E-state index >= 15 is 0 Å². The molecule has 5 heteroatoms. The lowest BCUT2D eigenvalue weighted by molar-refractivity contribution is -0.145. The second-order valence-electron chi connectivity index (χ2n) is 5.26. The summed E-state index contributed by atoms with van der Waals surface area (Å²) in [5.74, 6) is -0.144. The standard InChI is InChI=1S/C14H16O4S/c1-8-2-3-11-9(6-8)7-12(19-11)14(16)18-10-4-5-17-13(10)15/h7-8,10H,2-6H2,1H3/t8-,10-/m1/s1. The molecule has 0 spiro atoms. The first-order valence-electron chi connectivity index (χ1n) is 6.62. The van der Waals surface area contributed by atoms with Gasteiger partial charge in [0.2, 0.25) is 6.10 Å². The van der Waals surface area contributed by atoms with E-state index in [9.17, 15) is 9.59 Å². The van der Waals surface area contributed by atoms with Crippen molar-refractivity contribution in [3.05, 3.63) is 21.4 Å². The molecule has 0 unspecified atom stereocenters. The van der Waals surface area contributed by atoms with Crippen LogP contribution in [0.1, 0.15) is 39.9 Å². The van der Waals surface area contributed by atoms with Crippen LogP contribution in [0, 0.1) is 5.92 Å². The van der Waals surface area contributed by atoms with Crippen LogP contribution in [0.5, 0.6) is 0 Å². The summed E-state index contributed by atoms with van der Waals surface area (Å²) in [7, 11) is 0. The van der Waals surface area contributed by atoms with Crippen LogP contribution in [0.15, 0.2) is 6.07 Å². The Balaban J connectivity index is 1.72. The Morgan fingerprint density at radius 3 is 3.05 bits per heavy atom. The summed E-state index contributed by atoms with van der Waals surface area (Å²) in [5, 5.41) is 0. The van der Waals surface area contributed by atoms with Gasteiger partial charge in [-0.2, -0.15) is 0 Å². The minimum atomic E-state index is -0.717. The predicted molar refractivity (Wildman–Crippen MR) is 70.3 cm³/mol. The van der Waals surface area contributed by atoms with Crippen LogP contribution in [0.4, 0.5) is 0 Å². The molecule has 1 aliphatic heterocycles. The molecule has 19 heavy (non-hydrogen) atoms. The Hall–Kier alpha value is -1.36. The third-order valence-corrected chi connectivity index (χ3v) is 4.88. The summed E-state index contributed by atoms with van der Waals surface area (Å²) in [6.45, 7) is 2.57. The molecule has 4 nitrogen and oxygen atoms in total. The van der Waals surface area contributed by atoms with Crippen molar-refractivity contribution >= 4 is 23.3 Å². The molecule has 1 saturated heterocycles. The molecule has 0 aromatic carbocycles. The molecule has 3 rings (SSSR count). The van der Waals surface area contributed by atoms with Crippen molar-refractivity contribution in [3.8, 4) is 0 Å². The maximum atomic E-state index is 12.0. The number of carbonyl (C=O) groups excluding carboxylic acids is 2. The van der Waals surface area contributed by atoms with Gasteiger partial charge < -0.3 is 9.47 Å². The van der Waals surface area contributed by atoms with Crippen molar-refractivity contribution in [1.82, 2.24) is 0 Å². The molecule has 0 saturated carbocycles. The van der Waals surface area contributed by atoms with Crippen LogP contribution in [0.3, 0.4) is 0 Å². The summed E-state index contributed by atoms with van der Waals surface area (Å²) in [6, 6.07) is 1.93. The van der Waals surface area contributed by atoms with Crippen molar-refractivity contribution in [2.75, 3.05) is 6.61 Å². The predicted octanol–water partition coefficient (Wildman–Crippen LogP) is 2.35. The molecule has 0 amide bonds. The number of hydrogen-bond donors (Lipinski definition) is 0. The smallest absolute Gasteiger partial charge is 0.349 e. The second-order valence-corrected chi connectivity index (χ2v) is 6.39. The molecule has 2 aliphatic rings. The van der Waals surface area contributed by atoms with E-state index in [1.807, 2.05) is 6.07 Å². The van der Waals surface area contributed by atoms with Gasteiger partial charge in [-0.05, 0) is 36.8 Å². The molecule has 0 radical (unpaired) electrons. The summed E-state index contributed by atoms with van der Waals surface area (Å²) in [4.78, 5) is 25.2. The maximum absolute atomic E-state index is 12.0. The largest absolute Gasteiger partial charge is 0.463 e. The molecule has 1 aliphatic carbocycles. The molecule has 1 fully saturated rings. The van der Waals surface area contributed by atoms with Gasteiger partial charge in [-0.15, -0.1) is 11.3 Å². The van der Waals surface area contributed by atoms with E-state index in [4.69, 9.17) is 9.47 Å². The van der Waals surface area contributed by atoms with E-state index in [1.165, 1.54) is 28.2 Å². The number of cyclic esters (lactones) is 1. The third kappa shape index (κ3) is 2.52. The number of carbonyl (C=O) groups is 2. The monoisotopic (exact) mass is 280 g/mol. The van der Waals surface area contributed by atoms with Gasteiger partial charge in [-0.1, -0.05) is 6.92 Å². The van der Waals surface area contributed by atoms with Crippen molar-refractivity contribution < 1.29 is 19.1 Å². The van der Waals surface area contributed by atoms with Gasteiger partial charge >= 0.3 is 11.9 Å². The number of rotatable bonds is 2. The fraction of sp³-hybridized carbons (Fsp3) is 0.571. The molecule has 1 aromatic rings. The van der Waals surface area contributed by atoms with E-state index in [1.54, 1.807) is 0 Å². The highest BCUT2D eigenvalue weighted by Crippen LogP contribution is 2.32. The SMILES string of the molecule is C[C@@H]1CCc2sc(C(=O)O[C@@H]3CCOC3=O)cc2C1. The van der Waals surface area contributed by atoms with Gasteiger partial charge in [0, 0.05) is 11.3 Å². The fourth-order valence-electron chi connectivity index (χ4n) is 2.58. The number of ether oxygens (including phenoxy) is 2. The number of hydrogen-bond acceptors (Lipinski definition) is 5. The average molecular weight is 280 g/mol. The van der Waals surface area contributed by atoms with Gasteiger partial charge in [-0.3, -0.25) is 0 Å². The molecule has 0 N–H and O–H groups in total. The zero-order valence-corrected chi connectivity index (χ0v) is 11.6. The van der Waals surface area contributed by atoms with Crippen LogP contribution >= 0.6 is 11.3 Å². The molecule has 0 bridgehead atoms. The Morgan fingerprint density at radius 1 is 1.47 bits per heavy atom. The van der Waals surface area contributed by atoms with Crippen LogP contribution in [-0.2, 0) is 27.1 Å². The van der Waals surface area contributed by atoms with Crippen LogP contribution < -0.4 is 0 Å². The number of aryl methyl sites for hydroxylation is 1. The third-order valence-electron chi connectivity index (χ3n) is 3.67. The number of fused-ring (bicyclic) bond motifs is 1. The molecule has 1 aromatic heterocycles. The van der Waals surface area contributed by atoms with Crippen LogP contribution in [0.25, 0.3) is 0 Å². The highest BCUT2D eigenvalue weighted by Gasteiger charge is 2.31. The normalized spacial score (nSPS) is 25.8. The van der Waals surface area contributed by atoms with Crippen molar-refractivity contribution in [3.63, 3.8) is 0 Å². The topological polar surface area (TPSA) is 52.6 Å². The summed E-state index contributed by atoms with van der Waals surface area (Å²) in [5.41, 5.74) is 1.27. The number of thiophene rings is 1. The minimum Gasteiger partial charge on any atom is -0.463 e. The molecular weight excluding hydrogens is 264 g/mol. The molecule has 2 atom stereocenters. The maximum Gasteiger partial charge on any atom is 0.349 e. The quantitative estimate of drug-likeness (QED) is 0.780. The first-order valence-corrected chi connectivity index (χ1v) is 7.44. The summed E-state index contributed by atoms with van der Waals surface area (Å²) < 4.78 is 10.00. The Morgan fingerprint density at radius 2 is 2.32 bits per heavy atom. The van der Waals surface area contributed by atoms with Gasteiger partial charge in [0.05, 0.1) is 6.61 Å². The van der Waals surface area contributed by atoms with E-state index in [2.05, 4.69) is 6.92 Å². The lowest BCUT2D eigenvalue weighted by Crippen LogP contribution is -2.22. The van der Waals surface area contributed by atoms with Crippen LogP contribution in [-0.4, -0.2) is 24.6 Å². The minimum absolute atomic E-state index is 0.342. The van der Waals surface area contributed by atoms with Gasteiger partial charge in [0.1, 0.15) is 4.88 Å². The average Bonchev–Trinajstić information content (AvgIpc) is 2.96. The number of esters is 2. The van der Waals surface area contributed by atoms with Crippen molar-refractivity contribution in [2.24, 2.45) is 5.92 Å². The van der Waals surface area contributed by atoms with Gasteiger partial charge in [-0.25, -0.2) is 9.59 Å². The van der Waals surface area contributed by atoms with Crippen molar-refractivity contribution in [1.29, 1.82) is 0 Å². The molecular formula is C14H16O4S. The summed E-state index contributed by atoms with van der Waals surface area (Å²) in [6.07, 6.45) is 3.00. The van der Waals surface area contributed by atoms with Gasteiger partial charge in [0.15, 0.2) is 0 Å². The highest BCUT2D eigenvalue weighted by molar-refractivity contribution is 7.14. The first-order chi connectivity index (χ1) is 9.13. The second kappa shape index (κ2) is 4.96. The van der Waals surface area contributed by atoms with E-state index in [0.29, 0.717) is 23.8 Å². The fourth-order valence-corrected chi connectivity index (χ4v) is 3.67. The lowest BCUT2D eigenvalue weighted by Gasteiger charge is -2.16. The zero-order valence-electron chi connectivity index (χ0n) is 10.8. The molecule has 102 valence electrons. The van der Waals surface area contributed by atoms with Crippen molar-refractivity contribution in [2.45, 2.75) is 38.7 Å². The molecule has 2 heterocycles. The van der Waals surface area contributed by atoms with E-state index in [-0.39, 0.29) is 0 Å². The van der Waals surface area contributed by atoms with Crippen LogP contribution in [0.2, 0.25) is 0 Å². The summed E-state index contributed by atoms with van der Waals surface area (Å²) >= 11 is 1.50. The van der Waals surface area contributed by atoms with E-state index in [0.717, 1.165) is 12.8 Å². The van der Waals surface area contributed by atoms with Gasteiger partial charge in [0.25, 0.3) is 0 Å².